The first kappa shape index (κ1) is 8.19. The monoisotopic (exact) mass is 192 g/mol. The van der Waals surface area contributed by atoms with Gasteiger partial charge in [-0.3, -0.25) is 0 Å². The molecule has 0 N–H and O–H groups in total. The van der Waals surface area contributed by atoms with Crippen molar-refractivity contribution in [3.8, 4) is 11.5 Å². The molecule has 0 unspecified atom stereocenters. The summed E-state index contributed by atoms with van der Waals surface area (Å²) in [7, 11) is 1.81. The lowest BCUT2D eigenvalue weighted by atomic mass is 10.2. The van der Waals surface area contributed by atoms with Crippen LogP contribution in [0.4, 0.5) is 0 Å². The van der Waals surface area contributed by atoms with Gasteiger partial charge in [-0.05, 0) is 12.1 Å². The van der Waals surface area contributed by atoms with E-state index in [1.807, 2.05) is 37.4 Å². The maximum Gasteiger partial charge on any atom is 0.405 e. The summed E-state index contributed by atoms with van der Waals surface area (Å²) >= 11 is 4.82. The van der Waals surface area contributed by atoms with Crippen LogP contribution < -0.4 is 4.68 Å². The zero-order valence-corrected chi connectivity index (χ0v) is 7.91. The summed E-state index contributed by atoms with van der Waals surface area (Å²) in [5.74, 6) is 0.686. The summed E-state index contributed by atoms with van der Waals surface area (Å²) in [5.41, 5.74) is 0.980. The molecule has 1 heterocycles. The SMILES string of the molecule is C[n+]1nc([S-])oc1-c1ccccc1. The predicted octanol–water partition coefficient (Wildman–Crippen LogP) is 1.07. The number of benzene rings is 1. The van der Waals surface area contributed by atoms with E-state index < -0.39 is 0 Å². The lowest BCUT2D eigenvalue weighted by Gasteiger charge is -1.89. The van der Waals surface area contributed by atoms with Crippen LogP contribution in [0.2, 0.25) is 0 Å². The molecule has 13 heavy (non-hydrogen) atoms. The van der Waals surface area contributed by atoms with E-state index in [9.17, 15) is 0 Å². The fourth-order valence-corrected chi connectivity index (χ4v) is 1.36. The van der Waals surface area contributed by atoms with E-state index in [1.165, 1.54) is 0 Å². The Morgan fingerprint density at radius 1 is 1.31 bits per heavy atom. The first-order chi connectivity index (χ1) is 6.27. The van der Waals surface area contributed by atoms with Crippen LogP contribution in [0.3, 0.4) is 0 Å². The van der Waals surface area contributed by atoms with Crippen LogP contribution in [0, 0.1) is 0 Å². The van der Waals surface area contributed by atoms with Crippen LogP contribution in [-0.4, -0.2) is 5.10 Å². The molecule has 0 aliphatic rings. The van der Waals surface area contributed by atoms with Crippen molar-refractivity contribution in [2.24, 2.45) is 7.05 Å². The number of aryl methyl sites for hydroxylation is 1. The number of nitrogens with zero attached hydrogens (tertiary/aromatic N) is 2. The van der Waals surface area contributed by atoms with Crippen molar-refractivity contribution in [3.05, 3.63) is 30.3 Å². The third-order valence-corrected chi connectivity index (χ3v) is 1.90. The second-order valence-electron chi connectivity index (χ2n) is 2.66. The Morgan fingerprint density at radius 2 is 2.00 bits per heavy atom. The maximum absolute atomic E-state index is 5.27. The van der Waals surface area contributed by atoms with Crippen LogP contribution in [0.5, 0.6) is 0 Å². The summed E-state index contributed by atoms with van der Waals surface area (Å²) in [5, 5.41) is 4.22. The van der Waals surface area contributed by atoms with E-state index in [0.717, 1.165) is 5.56 Å². The Kier molecular flexibility index (Phi) is 1.98. The highest BCUT2D eigenvalue weighted by Gasteiger charge is 2.14. The average Bonchev–Trinajstić information content (AvgIpc) is 2.47. The molecule has 0 atom stereocenters. The highest BCUT2D eigenvalue weighted by atomic mass is 32.1. The molecule has 0 aliphatic carbocycles. The average molecular weight is 192 g/mol. The van der Waals surface area contributed by atoms with Gasteiger partial charge in [0.25, 0.3) is 0 Å². The zero-order chi connectivity index (χ0) is 9.26. The van der Waals surface area contributed by atoms with Crippen molar-refractivity contribution in [1.82, 2.24) is 5.10 Å². The number of hydrogen-bond donors (Lipinski definition) is 0. The molecule has 1 aromatic carbocycles. The van der Waals surface area contributed by atoms with E-state index in [1.54, 1.807) is 4.68 Å². The normalized spacial score (nSPS) is 10.2. The molecule has 0 radical (unpaired) electrons. The summed E-state index contributed by atoms with van der Waals surface area (Å²) in [6, 6.07) is 9.75. The smallest absolute Gasteiger partial charge is 0.405 e. The molecule has 0 spiro atoms. The van der Waals surface area contributed by atoms with Crippen molar-refractivity contribution in [2.45, 2.75) is 5.22 Å². The van der Waals surface area contributed by atoms with E-state index >= 15 is 0 Å². The van der Waals surface area contributed by atoms with Gasteiger partial charge in [-0.2, -0.15) is 0 Å². The van der Waals surface area contributed by atoms with Gasteiger partial charge in [0.05, 0.1) is 5.56 Å². The molecule has 2 aromatic rings. The number of hydrogen-bond acceptors (Lipinski definition) is 3. The van der Waals surface area contributed by atoms with E-state index in [2.05, 4.69) is 5.10 Å². The van der Waals surface area contributed by atoms with Crippen molar-refractivity contribution < 1.29 is 9.10 Å². The van der Waals surface area contributed by atoms with Crippen molar-refractivity contribution in [3.63, 3.8) is 0 Å². The van der Waals surface area contributed by atoms with Gasteiger partial charge in [0.15, 0.2) is 7.05 Å². The molecule has 1 aromatic heterocycles. The molecule has 0 aliphatic heterocycles. The van der Waals surface area contributed by atoms with Gasteiger partial charge in [-0.25, -0.2) is 0 Å². The molecular weight excluding hydrogens is 184 g/mol. The molecule has 66 valence electrons. The van der Waals surface area contributed by atoms with E-state index in [4.69, 9.17) is 17.0 Å². The van der Waals surface area contributed by atoms with Gasteiger partial charge in [0, 0.05) is 5.10 Å². The highest BCUT2D eigenvalue weighted by molar-refractivity contribution is 7.58. The summed E-state index contributed by atoms with van der Waals surface area (Å²) in [6.07, 6.45) is 0. The minimum Gasteiger partial charge on any atom is -0.715 e. The fourth-order valence-electron chi connectivity index (χ4n) is 1.16. The van der Waals surface area contributed by atoms with Gasteiger partial charge >= 0.3 is 5.89 Å². The van der Waals surface area contributed by atoms with Crippen molar-refractivity contribution in [2.75, 3.05) is 0 Å². The molecule has 3 nitrogen and oxygen atoms in total. The predicted molar refractivity (Wildman–Crippen MR) is 48.7 cm³/mol. The lowest BCUT2D eigenvalue weighted by Crippen LogP contribution is -2.31. The zero-order valence-electron chi connectivity index (χ0n) is 7.10. The quantitative estimate of drug-likeness (QED) is 0.500. The number of rotatable bonds is 1. The topological polar surface area (TPSA) is 29.9 Å². The third-order valence-electron chi connectivity index (χ3n) is 1.73. The summed E-state index contributed by atoms with van der Waals surface area (Å²) < 4.78 is 6.90. The van der Waals surface area contributed by atoms with Gasteiger partial charge in [0.1, 0.15) is 5.22 Å². The maximum atomic E-state index is 5.27. The van der Waals surface area contributed by atoms with Crippen LogP contribution in [0.1, 0.15) is 0 Å². The lowest BCUT2D eigenvalue weighted by molar-refractivity contribution is -0.721. The molecule has 0 bridgehead atoms. The van der Waals surface area contributed by atoms with Crippen LogP contribution in [0.25, 0.3) is 11.5 Å². The molecule has 4 heteroatoms. The van der Waals surface area contributed by atoms with E-state index in [-0.39, 0.29) is 5.22 Å². The second-order valence-corrected chi connectivity index (χ2v) is 3.01. The van der Waals surface area contributed by atoms with Crippen LogP contribution in [0.15, 0.2) is 40.0 Å². The molecular formula is C9H8N2OS. The first-order valence-corrected chi connectivity index (χ1v) is 4.28. The van der Waals surface area contributed by atoms with Gasteiger partial charge in [0.2, 0.25) is 0 Å². The first-order valence-electron chi connectivity index (χ1n) is 3.87. The highest BCUT2D eigenvalue weighted by Crippen LogP contribution is 2.14. The molecule has 0 amide bonds. The summed E-state index contributed by atoms with van der Waals surface area (Å²) in [6.45, 7) is 0. The van der Waals surface area contributed by atoms with Gasteiger partial charge in [-0.1, -0.05) is 22.9 Å². The largest absolute Gasteiger partial charge is 0.715 e. The Hall–Kier alpha value is -1.42. The Balaban J connectivity index is 2.53. The summed E-state index contributed by atoms with van der Waals surface area (Å²) in [4.78, 5) is 0. The van der Waals surface area contributed by atoms with Crippen LogP contribution in [-0.2, 0) is 19.7 Å². The minimum atomic E-state index is 0.265. The molecule has 2 rings (SSSR count). The molecule has 0 saturated carbocycles. The Labute approximate surface area is 81.4 Å². The molecule has 0 fully saturated rings. The third kappa shape index (κ3) is 1.53. The second kappa shape index (κ2) is 3.14. The van der Waals surface area contributed by atoms with Crippen LogP contribution >= 0.6 is 0 Å². The Bertz CT molecular complexity index is 411. The van der Waals surface area contributed by atoms with Crippen molar-refractivity contribution >= 4 is 12.6 Å². The van der Waals surface area contributed by atoms with Gasteiger partial charge < -0.3 is 17.0 Å². The minimum absolute atomic E-state index is 0.265. The standard InChI is InChI=1S/C9H8N2OS/c1-11-8(12-9(13)10-11)7-5-3-2-4-6-7/h2-6H,1H3. The van der Waals surface area contributed by atoms with Crippen molar-refractivity contribution in [1.29, 1.82) is 0 Å². The number of aromatic nitrogens is 2. The Morgan fingerprint density at radius 3 is 2.54 bits per heavy atom. The fraction of sp³-hybridized carbons (Fsp3) is 0.111. The van der Waals surface area contributed by atoms with Gasteiger partial charge in [-0.15, -0.1) is 0 Å². The van der Waals surface area contributed by atoms with E-state index in [0.29, 0.717) is 5.89 Å². The molecule has 0 saturated heterocycles.